The Bertz CT molecular complexity index is 476. The smallest absolute Gasteiger partial charge is 0.237 e. The van der Waals surface area contributed by atoms with Gasteiger partial charge in [-0.1, -0.05) is 0 Å². The number of nitrogens with two attached hydrogens (primary N) is 2. The maximum absolute atomic E-state index is 11.8. The van der Waals surface area contributed by atoms with Crippen LogP contribution >= 0.6 is 11.8 Å². The van der Waals surface area contributed by atoms with Crippen molar-refractivity contribution < 1.29 is 9.59 Å². The first kappa shape index (κ1) is 11.8. The van der Waals surface area contributed by atoms with Gasteiger partial charge in [0.1, 0.15) is 0 Å². The molecular weight excluding hydrogens is 238 g/mol. The number of amides is 2. The molecule has 90 valence electrons. The molecule has 0 aliphatic carbocycles. The fourth-order valence-electron chi connectivity index (χ4n) is 1.69. The Morgan fingerprint density at radius 1 is 1.47 bits per heavy atom. The van der Waals surface area contributed by atoms with Crippen LogP contribution in [0.5, 0.6) is 0 Å². The molecule has 0 atom stereocenters. The number of carbonyl (C=O) groups excluding carboxylic acids is 2. The highest BCUT2D eigenvalue weighted by Crippen LogP contribution is 2.36. The first-order chi connectivity index (χ1) is 8.08. The zero-order chi connectivity index (χ0) is 12.4. The van der Waals surface area contributed by atoms with E-state index in [-0.39, 0.29) is 12.3 Å². The van der Waals surface area contributed by atoms with Crippen molar-refractivity contribution >= 4 is 35.0 Å². The number of nitrogens with zero attached hydrogens (tertiary/aromatic N) is 1. The second kappa shape index (κ2) is 4.67. The lowest BCUT2D eigenvalue weighted by Gasteiger charge is -2.28. The Morgan fingerprint density at radius 2 is 2.24 bits per heavy atom. The van der Waals surface area contributed by atoms with Gasteiger partial charge in [-0.15, -0.1) is 11.8 Å². The lowest BCUT2D eigenvalue weighted by Crippen LogP contribution is -2.37. The van der Waals surface area contributed by atoms with Crippen LogP contribution in [0, 0.1) is 0 Å². The van der Waals surface area contributed by atoms with Crippen LogP contribution in [0.15, 0.2) is 23.1 Å². The predicted molar refractivity (Wildman–Crippen MR) is 67.7 cm³/mol. The molecule has 0 fully saturated rings. The van der Waals surface area contributed by atoms with Crippen molar-refractivity contribution in [2.24, 2.45) is 5.73 Å². The summed E-state index contributed by atoms with van der Waals surface area (Å²) in [5.74, 6) is -0.0450. The molecule has 2 amide bonds. The van der Waals surface area contributed by atoms with E-state index in [1.807, 2.05) is 6.07 Å². The van der Waals surface area contributed by atoms with E-state index in [1.54, 1.807) is 17.0 Å². The zero-order valence-electron chi connectivity index (χ0n) is 9.18. The minimum atomic E-state index is -0.409. The number of nitrogen functional groups attached to an aromatic ring is 1. The lowest BCUT2D eigenvalue weighted by atomic mass is 10.2. The molecule has 6 heteroatoms. The van der Waals surface area contributed by atoms with Crippen LogP contribution in [-0.4, -0.2) is 24.1 Å². The molecular formula is C11H13N3O2S. The third-order valence-electron chi connectivity index (χ3n) is 2.51. The monoisotopic (exact) mass is 251 g/mol. The normalized spacial score (nSPS) is 14.6. The Balaban J connectivity index is 2.27. The third kappa shape index (κ3) is 2.52. The van der Waals surface area contributed by atoms with Crippen LogP contribution in [0.4, 0.5) is 11.4 Å². The van der Waals surface area contributed by atoms with Crippen molar-refractivity contribution in [1.29, 1.82) is 0 Å². The molecule has 1 aliphatic heterocycles. The summed E-state index contributed by atoms with van der Waals surface area (Å²) in [6.07, 6.45) is 0.167. The van der Waals surface area contributed by atoms with Crippen molar-refractivity contribution in [3.63, 3.8) is 0 Å². The van der Waals surface area contributed by atoms with Crippen LogP contribution in [0.2, 0.25) is 0 Å². The minimum Gasteiger partial charge on any atom is -0.399 e. The van der Waals surface area contributed by atoms with Gasteiger partial charge in [0.2, 0.25) is 11.8 Å². The first-order valence-electron chi connectivity index (χ1n) is 5.19. The zero-order valence-corrected chi connectivity index (χ0v) is 10.00. The van der Waals surface area contributed by atoms with Gasteiger partial charge in [-0.05, 0) is 18.2 Å². The lowest BCUT2D eigenvalue weighted by molar-refractivity contribution is -0.118. The van der Waals surface area contributed by atoms with E-state index < -0.39 is 5.91 Å². The summed E-state index contributed by atoms with van der Waals surface area (Å²) in [5.41, 5.74) is 12.3. The molecule has 0 radical (unpaired) electrons. The summed E-state index contributed by atoms with van der Waals surface area (Å²) in [6.45, 7) is 0.325. The molecule has 0 bridgehead atoms. The molecule has 0 aromatic heterocycles. The largest absolute Gasteiger partial charge is 0.399 e. The number of carbonyl (C=O) groups is 2. The highest BCUT2D eigenvalue weighted by Gasteiger charge is 2.24. The summed E-state index contributed by atoms with van der Waals surface area (Å²) in [4.78, 5) is 25.1. The summed E-state index contributed by atoms with van der Waals surface area (Å²) in [6, 6.07) is 5.38. The molecule has 4 N–H and O–H groups in total. The quantitative estimate of drug-likeness (QED) is 0.769. The van der Waals surface area contributed by atoms with Crippen molar-refractivity contribution in [2.45, 2.75) is 11.3 Å². The molecule has 0 spiro atoms. The summed E-state index contributed by atoms with van der Waals surface area (Å²) < 4.78 is 0. The van der Waals surface area contributed by atoms with E-state index in [4.69, 9.17) is 11.5 Å². The molecule has 1 heterocycles. The van der Waals surface area contributed by atoms with Gasteiger partial charge < -0.3 is 16.4 Å². The molecule has 0 saturated heterocycles. The molecule has 1 aromatic rings. The summed E-state index contributed by atoms with van der Waals surface area (Å²) in [7, 11) is 0. The highest BCUT2D eigenvalue weighted by molar-refractivity contribution is 8.00. The van der Waals surface area contributed by atoms with Gasteiger partial charge in [0.05, 0.1) is 11.4 Å². The van der Waals surface area contributed by atoms with Gasteiger partial charge in [-0.2, -0.15) is 0 Å². The van der Waals surface area contributed by atoms with Gasteiger partial charge in [0, 0.05) is 23.5 Å². The Morgan fingerprint density at radius 3 is 2.94 bits per heavy atom. The third-order valence-corrected chi connectivity index (χ3v) is 3.54. The maximum atomic E-state index is 11.8. The summed E-state index contributed by atoms with van der Waals surface area (Å²) in [5, 5.41) is 0. The second-order valence-electron chi connectivity index (χ2n) is 3.78. The van der Waals surface area contributed by atoms with Crippen LogP contribution in [0.1, 0.15) is 6.42 Å². The maximum Gasteiger partial charge on any atom is 0.237 e. The topological polar surface area (TPSA) is 89.4 Å². The Labute approximate surface area is 103 Å². The fraction of sp³-hybridized carbons (Fsp3) is 0.273. The number of hydrogen-bond donors (Lipinski definition) is 2. The molecule has 17 heavy (non-hydrogen) atoms. The Kier molecular flexibility index (Phi) is 3.23. The van der Waals surface area contributed by atoms with Crippen molar-refractivity contribution in [3.8, 4) is 0 Å². The molecule has 5 nitrogen and oxygen atoms in total. The number of primary amides is 1. The van der Waals surface area contributed by atoms with Crippen LogP contribution in [-0.2, 0) is 9.59 Å². The number of anilines is 2. The SMILES string of the molecule is NC(=O)CCN1C(=O)CSc2cc(N)ccc21. The van der Waals surface area contributed by atoms with Gasteiger partial charge in [-0.3, -0.25) is 9.59 Å². The molecule has 0 unspecified atom stereocenters. The average molecular weight is 251 g/mol. The van der Waals surface area contributed by atoms with Crippen molar-refractivity contribution in [1.82, 2.24) is 0 Å². The molecule has 1 aromatic carbocycles. The fourth-order valence-corrected chi connectivity index (χ4v) is 2.67. The van der Waals surface area contributed by atoms with Crippen molar-refractivity contribution in [3.05, 3.63) is 18.2 Å². The van der Waals surface area contributed by atoms with Crippen LogP contribution in [0.3, 0.4) is 0 Å². The Hall–Kier alpha value is -1.69. The number of fused-ring (bicyclic) bond motifs is 1. The van der Waals surface area contributed by atoms with E-state index in [9.17, 15) is 9.59 Å². The van der Waals surface area contributed by atoms with E-state index in [2.05, 4.69) is 0 Å². The summed E-state index contributed by atoms with van der Waals surface area (Å²) >= 11 is 1.46. The van der Waals surface area contributed by atoms with Gasteiger partial charge in [0.15, 0.2) is 0 Å². The average Bonchev–Trinajstić information content (AvgIpc) is 2.27. The second-order valence-corrected chi connectivity index (χ2v) is 4.79. The standard InChI is InChI=1S/C11H13N3O2S/c12-7-1-2-8-9(5-7)17-6-11(16)14(8)4-3-10(13)15/h1-2,5H,3-4,6,12H2,(H2,13,15). The number of thioether (sulfide) groups is 1. The van der Waals surface area contributed by atoms with E-state index in [0.717, 1.165) is 10.6 Å². The van der Waals surface area contributed by atoms with Gasteiger partial charge in [-0.25, -0.2) is 0 Å². The predicted octanol–water partition coefficient (Wildman–Crippen LogP) is 0.583. The molecule has 1 aliphatic rings. The highest BCUT2D eigenvalue weighted by atomic mass is 32.2. The first-order valence-corrected chi connectivity index (χ1v) is 6.17. The van der Waals surface area contributed by atoms with Crippen LogP contribution in [0.25, 0.3) is 0 Å². The van der Waals surface area contributed by atoms with Gasteiger partial charge in [0.25, 0.3) is 0 Å². The minimum absolute atomic E-state index is 0.00600. The number of hydrogen-bond acceptors (Lipinski definition) is 4. The number of rotatable bonds is 3. The molecule has 0 saturated carbocycles. The van der Waals surface area contributed by atoms with Gasteiger partial charge >= 0.3 is 0 Å². The van der Waals surface area contributed by atoms with Crippen molar-refractivity contribution in [2.75, 3.05) is 22.9 Å². The molecule has 2 rings (SSSR count). The van der Waals surface area contributed by atoms with E-state index >= 15 is 0 Å². The van der Waals surface area contributed by atoms with E-state index in [1.165, 1.54) is 11.8 Å². The number of benzene rings is 1. The van der Waals surface area contributed by atoms with Crippen LogP contribution < -0.4 is 16.4 Å². The van der Waals surface area contributed by atoms with E-state index in [0.29, 0.717) is 18.0 Å².